The Morgan fingerprint density at radius 2 is 1.77 bits per heavy atom. The Bertz CT molecular complexity index is 716. The number of para-hydroxylation sites is 1. The molecule has 3 N–H and O–H groups in total. The van der Waals surface area contributed by atoms with Gasteiger partial charge in [-0.15, -0.1) is 0 Å². The summed E-state index contributed by atoms with van der Waals surface area (Å²) in [5.41, 5.74) is 0.668. The van der Waals surface area contributed by atoms with Gasteiger partial charge in [0.2, 0.25) is 5.91 Å². The van der Waals surface area contributed by atoms with Crippen LogP contribution < -0.4 is 15.2 Å². The van der Waals surface area contributed by atoms with Gasteiger partial charge in [-0.25, -0.2) is 9.35 Å². The molecule has 5 nitrogen and oxygen atoms in total. The van der Waals surface area contributed by atoms with E-state index in [9.17, 15) is 9.00 Å². The highest BCUT2D eigenvalue weighted by Gasteiger charge is 2.21. The van der Waals surface area contributed by atoms with Crippen LogP contribution in [0.25, 0.3) is 0 Å². The van der Waals surface area contributed by atoms with E-state index in [2.05, 4.69) is 5.32 Å². The first-order valence-corrected chi connectivity index (χ1v) is 9.97. The smallest absolute Gasteiger partial charge is 0.227 e. The molecule has 1 amide bonds. The molecule has 1 fully saturated rings. The summed E-state index contributed by atoms with van der Waals surface area (Å²) < 4.78 is 16.1. The Morgan fingerprint density at radius 1 is 1.08 bits per heavy atom. The summed E-state index contributed by atoms with van der Waals surface area (Å²) in [4.78, 5) is 12.6. The topological polar surface area (TPSA) is 81.4 Å². The van der Waals surface area contributed by atoms with E-state index >= 15 is 0 Å². The normalized spacial score (nSPS) is 15.3. The van der Waals surface area contributed by atoms with Gasteiger partial charge in [0.25, 0.3) is 0 Å². The lowest BCUT2D eigenvalue weighted by Gasteiger charge is -2.20. The van der Waals surface area contributed by atoms with E-state index in [1.807, 2.05) is 30.3 Å². The number of nitrogens with one attached hydrogen (secondary N) is 1. The zero-order chi connectivity index (χ0) is 18.8. The Balaban J connectivity index is 0.000000254. The molecule has 0 saturated heterocycles. The highest BCUT2D eigenvalue weighted by atomic mass is 32.2. The third-order valence-corrected chi connectivity index (χ3v) is 5.01. The van der Waals surface area contributed by atoms with E-state index in [0.29, 0.717) is 10.6 Å². The Morgan fingerprint density at radius 3 is 2.35 bits per heavy atom. The van der Waals surface area contributed by atoms with Crippen LogP contribution in [0.2, 0.25) is 0 Å². The van der Waals surface area contributed by atoms with E-state index in [4.69, 9.17) is 9.88 Å². The van der Waals surface area contributed by atoms with Gasteiger partial charge in [0.15, 0.2) is 0 Å². The minimum Gasteiger partial charge on any atom is -0.497 e. The second-order valence-corrected chi connectivity index (χ2v) is 7.23. The summed E-state index contributed by atoms with van der Waals surface area (Å²) in [7, 11) is 0.152. The first kappa shape index (κ1) is 20.1. The SMILES string of the molecule is COc1ccccc1.NS(=O)c1cccc(NC(=O)C2CCCCC2)c1. The standard InChI is InChI=1S/C13H18N2O2S.C7H8O/c14-18(17)12-8-4-7-11(9-12)15-13(16)10-5-2-1-3-6-10;1-8-7-5-3-2-4-6-7/h4,7-10H,1-3,5-6,14H2,(H,15,16);2-6H,1H3. The van der Waals surface area contributed by atoms with Crippen molar-refractivity contribution in [2.24, 2.45) is 11.1 Å². The summed E-state index contributed by atoms with van der Waals surface area (Å²) in [5.74, 6) is 1.09. The number of carbonyl (C=O) groups excluding carboxylic acids is 1. The number of amides is 1. The maximum Gasteiger partial charge on any atom is 0.227 e. The van der Waals surface area contributed by atoms with Crippen molar-refractivity contribution in [3.63, 3.8) is 0 Å². The molecule has 1 saturated carbocycles. The molecule has 1 aliphatic carbocycles. The van der Waals surface area contributed by atoms with Crippen molar-refractivity contribution in [2.45, 2.75) is 37.0 Å². The molecule has 3 rings (SSSR count). The van der Waals surface area contributed by atoms with Crippen molar-refractivity contribution in [2.75, 3.05) is 12.4 Å². The minimum absolute atomic E-state index is 0.0645. The summed E-state index contributed by atoms with van der Waals surface area (Å²) in [6.45, 7) is 0. The summed E-state index contributed by atoms with van der Waals surface area (Å²) >= 11 is 0. The van der Waals surface area contributed by atoms with Gasteiger partial charge >= 0.3 is 0 Å². The van der Waals surface area contributed by atoms with Crippen LogP contribution >= 0.6 is 0 Å². The fourth-order valence-corrected chi connectivity index (χ4v) is 3.32. The maximum absolute atomic E-state index is 12.0. The molecule has 0 aliphatic heterocycles. The highest BCUT2D eigenvalue weighted by Crippen LogP contribution is 2.25. The second kappa shape index (κ2) is 10.7. The molecule has 0 heterocycles. The maximum atomic E-state index is 12.0. The number of carbonyl (C=O) groups is 1. The van der Waals surface area contributed by atoms with Crippen LogP contribution in [0.15, 0.2) is 59.5 Å². The molecule has 0 spiro atoms. The molecule has 0 aromatic heterocycles. The van der Waals surface area contributed by atoms with E-state index in [0.717, 1.165) is 31.4 Å². The molecule has 1 aliphatic rings. The Hall–Kier alpha value is -2.18. The summed E-state index contributed by atoms with van der Waals surface area (Å²) in [6, 6.07) is 16.6. The van der Waals surface area contributed by atoms with Gasteiger partial charge in [0.05, 0.1) is 12.0 Å². The van der Waals surface area contributed by atoms with Crippen molar-refractivity contribution in [3.05, 3.63) is 54.6 Å². The van der Waals surface area contributed by atoms with Gasteiger partial charge in [0, 0.05) is 11.6 Å². The third-order valence-electron chi connectivity index (χ3n) is 4.29. The molecule has 1 atom stereocenters. The van der Waals surface area contributed by atoms with Gasteiger partial charge in [0.1, 0.15) is 16.7 Å². The largest absolute Gasteiger partial charge is 0.497 e. The predicted molar refractivity (Wildman–Crippen MR) is 105 cm³/mol. The minimum atomic E-state index is -1.51. The fraction of sp³-hybridized carbons (Fsp3) is 0.350. The van der Waals surface area contributed by atoms with E-state index in [1.54, 1.807) is 31.4 Å². The molecule has 26 heavy (non-hydrogen) atoms. The van der Waals surface area contributed by atoms with Crippen molar-refractivity contribution < 1.29 is 13.7 Å². The van der Waals surface area contributed by atoms with Crippen LogP contribution in [0.3, 0.4) is 0 Å². The Labute approximate surface area is 157 Å². The zero-order valence-corrected chi connectivity index (χ0v) is 15.8. The first-order valence-electron chi connectivity index (χ1n) is 8.76. The number of ether oxygens (including phenoxy) is 1. The number of hydrogen-bond acceptors (Lipinski definition) is 3. The van der Waals surface area contributed by atoms with Crippen molar-refractivity contribution in [3.8, 4) is 5.75 Å². The average molecular weight is 375 g/mol. The summed E-state index contributed by atoms with van der Waals surface area (Å²) in [6.07, 6.45) is 5.42. The number of anilines is 1. The molecular weight excluding hydrogens is 348 g/mol. The van der Waals surface area contributed by atoms with E-state index < -0.39 is 11.0 Å². The average Bonchev–Trinajstić information content (AvgIpc) is 2.70. The van der Waals surface area contributed by atoms with Crippen LogP contribution in [-0.2, 0) is 15.8 Å². The molecule has 2 aromatic rings. The quantitative estimate of drug-likeness (QED) is 0.852. The number of nitrogens with two attached hydrogens (primary N) is 1. The van der Waals surface area contributed by atoms with Crippen LogP contribution in [0, 0.1) is 5.92 Å². The molecule has 0 bridgehead atoms. The summed E-state index contributed by atoms with van der Waals surface area (Å²) in [5, 5.41) is 8.19. The number of rotatable bonds is 4. The molecular formula is C20H26N2O3S. The monoisotopic (exact) mass is 374 g/mol. The van der Waals surface area contributed by atoms with Gasteiger partial charge in [-0.3, -0.25) is 4.79 Å². The highest BCUT2D eigenvalue weighted by molar-refractivity contribution is 7.82. The van der Waals surface area contributed by atoms with Crippen molar-refractivity contribution in [1.82, 2.24) is 0 Å². The molecule has 6 heteroatoms. The van der Waals surface area contributed by atoms with Crippen LogP contribution in [-0.4, -0.2) is 17.2 Å². The lowest BCUT2D eigenvalue weighted by molar-refractivity contribution is -0.120. The molecule has 140 valence electrons. The predicted octanol–water partition coefficient (Wildman–Crippen LogP) is 3.88. The van der Waals surface area contributed by atoms with Crippen LogP contribution in [0.5, 0.6) is 5.75 Å². The van der Waals surface area contributed by atoms with Gasteiger partial charge in [-0.05, 0) is 43.2 Å². The lowest BCUT2D eigenvalue weighted by atomic mass is 9.88. The van der Waals surface area contributed by atoms with Crippen LogP contribution in [0.1, 0.15) is 32.1 Å². The number of methoxy groups -OCH3 is 1. The number of hydrogen-bond donors (Lipinski definition) is 2. The molecule has 2 aromatic carbocycles. The third kappa shape index (κ3) is 6.61. The lowest BCUT2D eigenvalue weighted by Crippen LogP contribution is -2.24. The van der Waals surface area contributed by atoms with Crippen LogP contribution in [0.4, 0.5) is 5.69 Å². The van der Waals surface area contributed by atoms with Gasteiger partial charge in [-0.1, -0.05) is 43.5 Å². The molecule has 0 radical (unpaired) electrons. The molecule has 1 unspecified atom stereocenters. The Kier molecular flexibility index (Phi) is 8.31. The first-order chi connectivity index (χ1) is 12.6. The van der Waals surface area contributed by atoms with Gasteiger partial charge in [-0.2, -0.15) is 0 Å². The van der Waals surface area contributed by atoms with Gasteiger partial charge < -0.3 is 10.1 Å². The van der Waals surface area contributed by atoms with Crippen molar-refractivity contribution in [1.29, 1.82) is 0 Å². The second-order valence-electron chi connectivity index (χ2n) is 6.17. The van der Waals surface area contributed by atoms with E-state index in [-0.39, 0.29) is 11.8 Å². The van der Waals surface area contributed by atoms with E-state index in [1.165, 1.54) is 6.42 Å². The fourth-order valence-electron chi connectivity index (χ4n) is 2.86. The number of benzene rings is 2. The zero-order valence-electron chi connectivity index (χ0n) is 15.0. The van der Waals surface area contributed by atoms with Crippen molar-refractivity contribution >= 4 is 22.6 Å².